The lowest BCUT2D eigenvalue weighted by Gasteiger charge is -2.23. The predicted molar refractivity (Wildman–Crippen MR) is 55.0 cm³/mol. The van der Waals surface area contributed by atoms with Crippen molar-refractivity contribution in [2.24, 2.45) is 5.92 Å². The fourth-order valence-electron chi connectivity index (χ4n) is 1.36. The first-order valence-electron chi connectivity index (χ1n) is 5.20. The van der Waals surface area contributed by atoms with E-state index in [1.165, 1.54) is 0 Å². The number of amides is 1. The summed E-state index contributed by atoms with van der Waals surface area (Å²) < 4.78 is 5.23. The second kappa shape index (κ2) is 6.38. The largest absolute Gasteiger partial charge is 0.378 e. The van der Waals surface area contributed by atoms with Crippen molar-refractivity contribution in [1.29, 1.82) is 5.26 Å². The van der Waals surface area contributed by atoms with Crippen LogP contribution >= 0.6 is 0 Å². The molecule has 5 heteroatoms. The van der Waals surface area contributed by atoms with Crippen LogP contribution in [0.1, 0.15) is 13.3 Å². The van der Waals surface area contributed by atoms with Crippen molar-refractivity contribution >= 4 is 5.91 Å². The van der Waals surface area contributed by atoms with Gasteiger partial charge in [0.15, 0.2) is 0 Å². The quantitative estimate of drug-likeness (QED) is 0.666. The summed E-state index contributed by atoms with van der Waals surface area (Å²) in [4.78, 5) is 11.4. The summed E-state index contributed by atoms with van der Waals surface area (Å²) >= 11 is 0. The van der Waals surface area contributed by atoms with Crippen molar-refractivity contribution in [1.82, 2.24) is 10.6 Å². The van der Waals surface area contributed by atoms with E-state index < -0.39 is 0 Å². The Morgan fingerprint density at radius 1 is 1.80 bits per heavy atom. The van der Waals surface area contributed by atoms with Gasteiger partial charge >= 0.3 is 0 Å². The molecule has 0 aromatic heterocycles. The molecule has 5 nitrogen and oxygen atoms in total. The third-order valence-electron chi connectivity index (χ3n) is 2.26. The minimum absolute atomic E-state index is 0.0277. The lowest BCUT2D eigenvalue weighted by atomic mass is 10.1. The molecule has 1 amide bonds. The van der Waals surface area contributed by atoms with Crippen LogP contribution < -0.4 is 10.6 Å². The lowest BCUT2D eigenvalue weighted by molar-refractivity contribution is -0.122. The molecule has 0 aliphatic carbocycles. The highest BCUT2D eigenvalue weighted by Gasteiger charge is 2.16. The molecule has 2 N–H and O–H groups in total. The molecule has 2 atom stereocenters. The van der Waals surface area contributed by atoms with E-state index in [0.717, 1.165) is 6.54 Å². The van der Waals surface area contributed by atoms with Crippen molar-refractivity contribution in [3.8, 4) is 6.07 Å². The van der Waals surface area contributed by atoms with Gasteiger partial charge in [-0.2, -0.15) is 5.26 Å². The zero-order chi connectivity index (χ0) is 11.1. The van der Waals surface area contributed by atoms with E-state index in [4.69, 9.17) is 10.00 Å². The van der Waals surface area contributed by atoms with E-state index >= 15 is 0 Å². The van der Waals surface area contributed by atoms with E-state index in [2.05, 4.69) is 16.7 Å². The first kappa shape index (κ1) is 12.0. The number of morpholine rings is 1. The SMILES string of the molecule is CC(C#N)CNC(=O)CC1COCCN1. The Kier molecular flexibility index (Phi) is 5.08. The molecule has 1 aliphatic heterocycles. The molecule has 84 valence electrons. The number of nitrogens with zero attached hydrogens (tertiary/aromatic N) is 1. The van der Waals surface area contributed by atoms with Crippen LogP contribution in [0.3, 0.4) is 0 Å². The highest BCUT2D eigenvalue weighted by atomic mass is 16.5. The van der Waals surface area contributed by atoms with Gasteiger partial charge in [-0.3, -0.25) is 4.79 Å². The topological polar surface area (TPSA) is 74.2 Å². The summed E-state index contributed by atoms with van der Waals surface area (Å²) in [5, 5.41) is 14.5. The first-order chi connectivity index (χ1) is 7.22. The van der Waals surface area contributed by atoms with Crippen LogP contribution in [0.4, 0.5) is 0 Å². The maximum Gasteiger partial charge on any atom is 0.221 e. The molecule has 1 aliphatic rings. The number of rotatable bonds is 4. The highest BCUT2D eigenvalue weighted by molar-refractivity contribution is 5.76. The second-order valence-corrected chi connectivity index (χ2v) is 3.76. The molecule has 0 bridgehead atoms. The first-order valence-corrected chi connectivity index (χ1v) is 5.20. The molecule has 0 aromatic carbocycles. The summed E-state index contributed by atoms with van der Waals surface area (Å²) in [6.07, 6.45) is 0.415. The molecule has 0 saturated carbocycles. The number of nitriles is 1. The van der Waals surface area contributed by atoms with Gasteiger partial charge in [0.1, 0.15) is 0 Å². The molecule has 1 saturated heterocycles. The number of nitrogens with one attached hydrogen (secondary N) is 2. The van der Waals surface area contributed by atoms with Crippen molar-refractivity contribution in [2.45, 2.75) is 19.4 Å². The van der Waals surface area contributed by atoms with E-state index in [9.17, 15) is 4.79 Å². The average molecular weight is 211 g/mol. The van der Waals surface area contributed by atoms with Crippen LogP contribution in [-0.2, 0) is 9.53 Å². The number of hydrogen-bond donors (Lipinski definition) is 2. The van der Waals surface area contributed by atoms with Gasteiger partial charge < -0.3 is 15.4 Å². The van der Waals surface area contributed by atoms with Crippen LogP contribution in [0.2, 0.25) is 0 Å². The fourth-order valence-corrected chi connectivity index (χ4v) is 1.36. The molecule has 1 heterocycles. The molecule has 0 spiro atoms. The third-order valence-corrected chi connectivity index (χ3v) is 2.26. The van der Waals surface area contributed by atoms with Gasteiger partial charge in [0, 0.05) is 25.6 Å². The lowest BCUT2D eigenvalue weighted by Crippen LogP contribution is -2.44. The monoisotopic (exact) mass is 211 g/mol. The average Bonchev–Trinajstić information content (AvgIpc) is 2.27. The second-order valence-electron chi connectivity index (χ2n) is 3.76. The Bertz CT molecular complexity index is 244. The summed E-state index contributed by atoms with van der Waals surface area (Å²) in [7, 11) is 0. The summed E-state index contributed by atoms with van der Waals surface area (Å²) in [6.45, 7) is 4.29. The van der Waals surface area contributed by atoms with Crippen LogP contribution in [0.5, 0.6) is 0 Å². The van der Waals surface area contributed by atoms with E-state index in [1.54, 1.807) is 6.92 Å². The van der Waals surface area contributed by atoms with Gasteiger partial charge in [0.25, 0.3) is 0 Å². The maximum absolute atomic E-state index is 11.4. The summed E-state index contributed by atoms with van der Waals surface area (Å²) in [5.41, 5.74) is 0. The van der Waals surface area contributed by atoms with Gasteiger partial charge in [-0.15, -0.1) is 0 Å². The Morgan fingerprint density at radius 2 is 2.60 bits per heavy atom. The molecule has 2 unspecified atom stereocenters. The van der Waals surface area contributed by atoms with Gasteiger partial charge in [0.05, 0.1) is 25.2 Å². The van der Waals surface area contributed by atoms with E-state index in [-0.39, 0.29) is 17.9 Å². The molecule has 1 fully saturated rings. The highest BCUT2D eigenvalue weighted by Crippen LogP contribution is 1.98. The molecule has 1 rings (SSSR count). The zero-order valence-corrected chi connectivity index (χ0v) is 8.95. The van der Waals surface area contributed by atoms with Crippen molar-refractivity contribution in [3.05, 3.63) is 0 Å². The smallest absolute Gasteiger partial charge is 0.221 e. The van der Waals surface area contributed by atoms with Gasteiger partial charge in [-0.1, -0.05) is 0 Å². The fraction of sp³-hybridized carbons (Fsp3) is 0.800. The van der Waals surface area contributed by atoms with Gasteiger partial charge in [0.2, 0.25) is 5.91 Å². The third kappa shape index (κ3) is 4.77. The molecular formula is C10H17N3O2. The number of carbonyl (C=O) groups is 1. The Morgan fingerprint density at radius 3 is 3.20 bits per heavy atom. The van der Waals surface area contributed by atoms with E-state index in [1.807, 2.05) is 0 Å². The van der Waals surface area contributed by atoms with E-state index in [0.29, 0.717) is 26.2 Å². The minimum Gasteiger partial charge on any atom is -0.378 e. The van der Waals surface area contributed by atoms with Gasteiger partial charge in [-0.05, 0) is 6.92 Å². The minimum atomic E-state index is -0.135. The molecule has 0 aromatic rings. The number of carbonyl (C=O) groups excluding carboxylic acids is 1. The van der Waals surface area contributed by atoms with Crippen molar-refractivity contribution in [3.63, 3.8) is 0 Å². The molecule has 0 radical (unpaired) electrons. The standard InChI is InChI=1S/C10H17N3O2/c1-8(5-11)6-13-10(14)4-9-7-15-3-2-12-9/h8-9,12H,2-4,6-7H2,1H3,(H,13,14). The van der Waals surface area contributed by atoms with Crippen molar-refractivity contribution in [2.75, 3.05) is 26.3 Å². The van der Waals surface area contributed by atoms with Gasteiger partial charge in [-0.25, -0.2) is 0 Å². The molecular weight excluding hydrogens is 194 g/mol. The summed E-state index contributed by atoms with van der Waals surface area (Å²) in [6, 6.07) is 2.18. The Labute approximate surface area is 89.8 Å². The maximum atomic E-state index is 11.4. The zero-order valence-electron chi connectivity index (χ0n) is 8.95. The number of ether oxygens (including phenoxy) is 1. The van der Waals surface area contributed by atoms with Crippen LogP contribution in [0.15, 0.2) is 0 Å². The number of hydrogen-bond acceptors (Lipinski definition) is 4. The van der Waals surface area contributed by atoms with Crippen molar-refractivity contribution < 1.29 is 9.53 Å². The predicted octanol–water partition coefficient (Wildman–Crippen LogP) is -0.359. The Hall–Kier alpha value is -1.12. The molecule has 15 heavy (non-hydrogen) atoms. The van der Waals surface area contributed by atoms with Crippen LogP contribution in [-0.4, -0.2) is 38.3 Å². The van der Waals surface area contributed by atoms with Crippen LogP contribution in [0.25, 0.3) is 0 Å². The van der Waals surface area contributed by atoms with Crippen LogP contribution in [0, 0.1) is 17.2 Å². The Balaban J connectivity index is 2.15. The summed E-state index contributed by atoms with van der Waals surface area (Å²) in [5.74, 6) is -0.162. The normalized spacial score (nSPS) is 22.8.